The lowest BCUT2D eigenvalue weighted by molar-refractivity contribution is -0.384. The molecule has 0 amide bonds. The lowest BCUT2D eigenvalue weighted by Crippen LogP contribution is -1.96. The summed E-state index contributed by atoms with van der Waals surface area (Å²) in [5, 5.41) is 24.5. The van der Waals surface area contributed by atoms with Crippen molar-refractivity contribution in [3.63, 3.8) is 0 Å². The molecule has 2 heterocycles. The second-order valence-corrected chi connectivity index (χ2v) is 6.27. The van der Waals surface area contributed by atoms with Crippen molar-refractivity contribution in [2.45, 2.75) is 17.0 Å². The lowest BCUT2D eigenvalue weighted by atomic mass is 10.1. The zero-order chi connectivity index (χ0) is 16.7. The molecule has 4 rings (SSSR count). The molecule has 3 aromatic rings. The van der Waals surface area contributed by atoms with Crippen molar-refractivity contribution in [1.82, 2.24) is 14.9 Å². The van der Waals surface area contributed by atoms with Crippen molar-refractivity contribution < 1.29 is 4.92 Å². The zero-order valence-electron chi connectivity index (χ0n) is 12.6. The van der Waals surface area contributed by atoms with Gasteiger partial charge in [0.25, 0.3) is 5.69 Å². The van der Waals surface area contributed by atoms with Crippen LogP contribution in [0.25, 0.3) is 11.4 Å². The molecular formula is C16H11N5O2S. The molecule has 1 aliphatic rings. The van der Waals surface area contributed by atoms with Gasteiger partial charge in [0.15, 0.2) is 5.82 Å². The lowest BCUT2D eigenvalue weighted by Gasteiger charge is -2.04. The maximum absolute atomic E-state index is 10.9. The first-order valence-corrected chi connectivity index (χ1v) is 7.97. The summed E-state index contributed by atoms with van der Waals surface area (Å²) < 4.78 is 1.67. The molecule has 0 spiro atoms. The van der Waals surface area contributed by atoms with E-state index in [-0.39, 0.29) is 5.69 Å². The van der Waals surface area contributed by atoms with Crippen molar-refractivity contribution in [2.24, 2.45) is 5.10 Å². The topological polar surface area (TPSA) is 86.2 Å². The number of fused-ring (bicyclic) bond motifs is 2. The molecule has 0 saturated carbocycles. The Morgan fingerprint density at radius 1 is 1.17 bits per heavy atom. The van der Waals surface area contributed by atoms with Crippen molar-refractivity contribution in [2.75, 3.05) is 0 Å². The third-order valence-corrected chi connectivity index (χ3v) is 4.74. The maximum Gasteiger partial charge on any atom is 0.270 e. The van der Waals surface area contributed by atoms with Gasteiger partial charge in [-0.05, 0) is 30.3 Å². The molecule has 0 saturated heterocycles. The highest BCUT2D eigenvalue weighted by Crippen LogP contribution is 2.35. The van der Waals surface area contributed by atoms with Crippen LogP contribution in [0.15, 0.2) is 57.6 Å². The summed E-state index contributed by atoms with van der Waals surface area (Å²) in [5.41, 5.74) is 2.75. The third-order valence-electron chi connectivity index (χ3n) is 3.72. The van der Waals surface area contributed by atoms with Gasteiger partial charge < -0.3 is 0 Å². The number of aromatic nitrogens is 3. The Labute approximate surface area is 141 Å². The Balaban J connectivity index is 1.82. The highest BCUT2D eigenvalue weighted by atomic mass is 32.2. The zero-order valence-corrected chi connectivity index (χ0v) is 13.4. The van der Waals surface area contributed by atoms with Gasteiger partial charge in [-0.15, -0.1) is 10.2 Å². The smallest absolute Gasteiger partial charge is 0.258 e. The number of benzene rings is 2. The van der Waals surface area contributed by atoms with Crippen molar-refractivity contribution in [1.29, 1.82) is 0 Å². The summed E-state index contributed by atoms with van der Waals surface area (Å²) in [4.78, 5) is 11.4. The summed E-state index contributed by atoms with van der Waals surface area (Å²) in [6.45, 7) is 2.00. The fourth-order valence-electron chi connectivity index (χ4n) is 2.49. The average Bonchev–Trinajstić information content (AvgIpc) is 2.87. The normalized spacial score (nSPS) is 12.4. The minimum Gasteiger partial charge on any atom is -0.258 e. The SMILES string of the molecule is Cc1ccccc1-c1nnc2n1N=Cc1cc([N+](=O)[O-])ccc1S2. The van der Waals surface area contributed by atoms with Crippen LogP contribution >= 0.6 is 11.8 Å². The molecule has 0 fully saturated rings. The van der Waals surface area contributed by atoms with E-state index in [2.05, 4.69) is 15.3 Å². The largest absolute Gasteiger partial charge is 0.270 e. The number of non-ortho nitro benzene ring substituents is 1. The van der Waals surface area contributed by atoms with Crippen molar-refractivity contribution >= 4 is 23.7 Å². The predicted octanol–water partition coefficient (Wildman–Crippen LogP) is 3.51. The Kier molecular flexibility index (Phi) is 3.39. The summed E-state index contributed by atoms with van der Waals surface area (Å²) in [7, 11) is 0. The van der Waals surface area contributed by atoms with Crippen LogP contribution in [0.1, 0.15) is 11.1 Å². The van der Waals surface area contributed by atoms with Gasteiger partial charge in [-0.1, -0.05) is 24.3 Å². The minimum absolute atomic E-state index is 0.0394. The highest BCUT2D eigenvalue weighted by molar-refractivity contribution is 7.99. The molecule has 24 heavy (non-hydrogen) atoms. The Morgan fingerprint density at radius 2 is 2.00 bits per heavy atom. The van der Waals surface area contributed by atoms with E-state index >= 15 is 0 Å². The number of nitrogens with zero attached hydrogens (tertiary/aromatic N) is 5. The van der Waals surface area contributed by atoms with Gasteiger partial charge in [0, 0.05) is 28.2 Å². The molecule has 0 N–H and O–H groups in total. The second kappa shape index (κ2) is 5.57. The summed E-state index contributed by atoms with van der Waals surface area (Å²) in [5.74, 6) is 0.647. The summed E-state index contributed by atoms with van der Waals surface area (Å²) in [6.07, 6.45) is 1.61. The van der Waals surface area contributed by atoms with Crippen LogP contribution in [0.2, 0.25) is 0 Å². The van der Waals surface area contributed by atoms with Gasteiger partial charge in [0.05, 0.1) is 11.1 Å². The van der Waals surface area contributed by atoms with E-state index in [9.17, 15) is 10.1 Å². The molecule has 0 unspecified atom stereocenters. The van der Waals surface area contributed by atoms with Gasteiger partial charge >= 0.3 is 0 Å². The number of aryl methyl sites for hydroxylation is 1. The first-order chi connectivity index (χ1) is 11.6. The van der Waals surface area contributed by atoms with E-state index in [1.165, 1.54) is 23.9 Å². The van der Waals surface area contributed by atoms with Crippen LogP contribution in [0.5, 0.6) is 0 Å². The van der Waals surface area contributed by atoms with Gasteiger partial charge in [-0.3, -0.25) is 10.1 Å². The Hall–Kier alpha value is -3.00. The molecule has 2 aromatic carbocycles. The van der Waals surface area contributed by atoms with Crippen LogP contribution in [0.3, 0.4) is 0 Å². The molecule has 0 bridgehead atoms. The number of nitro benzene ring substituents is 1. The van der Waals surface area contributed by atoms with Crippen LogP contribution in [-0.4, -0.2) is 26.0 Å². The van der Waals surface area contributed by atoms with E-state index in [1.807, 2.05) is 31.2 Å². The fraction of sp³-hybridized carbons (Fsp3) is 0.0625. The molecule has 8 heteroatoms. The van der Waals surface area contributed by atoms with Gasteiger partial charge in [-0.25, -0.2) is 0 Å². The van der Waals surface area contributed by atoms with Crippen LogP contribution in [0, 0.1) is 17.0 Å². The number of rotatable bonds is 2. The van der Waals surface area contributed by atoms with Crippen molar-refractivity contribution in [3.05, 3.63) is 63.7 Å². The predicted molar refractivity (Wildman–Crippen MR) is 90.4 cm³/mol. The van der Waals surface area contributed by atoms with Gasteiger partial charge in [0.2, 0.25) is 5.16 Å². The van der Waals surface area contributed by atoms with E-state index in [0.29, 0.717) is 16.5 Å². The summed E-state index contributed by atoms with van der Waals surface area (Å²) in [6, 6.07) is 12.6. The third kappa shape index (κ3) is 2.37. The highest BCUT2D eigenvalue weighted by Gasteiger charge is 2.20. The standard InChI is InChI=1S/C16H11N5O2S/c1-10-4-2-3-5-13(10)15-18-19-16-20(15)17-9-11-8-12(21(22)23)6-7-14(11)24-16/h2-9H,1H3. The first-order valence-electron chi connectivity index (χ1n) is 7.15. The summed E-state index contributed by atoms with van der Waals surface area (Å²) >= 11 is 1.39. The second-order valence-electron chi connectivity index (χ2n) is 5.26. The molecule has 1 aromatic heterocycles. The fourth-order valence-corrected chi connectivity index (χ4v) is 3.35. The molecular weight excluding hydrogens is 326 g/mol. The number of nitro groups is 1. The van der Waals surface area contributed by atoms with E-state index in [0.717, 1.165) is 16.0 Å². The maximum atomic E-state index is 10.9. The minimum atomic E-state index is -0.414. The molecule has 0 atom stereocenters. The van der Waals surface area contributed by atoms with Gasteiger partial charge in [0.1, 0.15) is 0 Å². The van der Waals surface area contributed by atoms with E-state index in [1.54, 1.807) is 17.0 Å². The average molecular weight is 337 g/mol. The molecule has 7 nitrogen and oxygen atoms in total. The van der Waals surface area contributed by atoms with Crippen LogP contribution in [-0.2, 0) is 0 Å². The van der Waals surface area contributed by atoms with Crippen LogP contribution in [0.4, 0.5) is 5.69 Å². The Morgan fingerprint density at radius 3 is 2.79 bits per heavy atom. The van der Waals surface area contributed by atoms with E-state index in [4.69, 9.17) is 0 Å². The quantitative estimate of drug-likeness (QED) is 0.413. The Bertz CT molecular complexity index is 996. The van der Waals surface area contributed by atoms with Crippen molar-refractivity contribution in [3.8, 4) is 11.4 Å². The molecule has 0 radical (unpaired) electrons. The number of hydrogen-bond donors (Lipinski definition) is 0. The number of hydrogen-bond acceptors (Lipinski definition) is 6. The molecule has 118 valence electrons. The first kappa shape index (κ1) is 14.6. The molecule has 1 aliphatic heterocycles. The monoisotopic (exact) mass is 337 g/mol. The van der Waals surface area contributed by atoms with Crippen LogP contribution < -0.4 is 0 Å². The van der Waals surface area contributed by atoms with E-state index < -0.39 is 4.92 Å². The molecule has 0 aliphatic carbocycles. The van der Waals surface area contributed by atoms with Gasteiger partial charge in [-0.2, -0.15) is 9.78 Å².